The predicted molar refractivity (Wildman–Crippen MR) is 119 cm³/mol. The highest BCUT2D eigenvalue weighted by Gasteiger charge is 2.52. The Morgan fingerprint density at radius 1 is 0.879 bits per heavy atom. The summed E-state index contributed by atoms with van der Waals surface area (Å²) in [4.78, 5) is 11.9. The maximum absolute atomic E-state index is 13.2. The summed E-state index contributed by atoms with van der Waals surface area (Å²) in [6.45, 7) is 0. The molecule has 2 unspecified atom stereocenters. The number of hydrogen-bond donors (Lipinski definition) is 2. The van der Waals surface area contributed by atoms with Gasteiger partial charge in [0, 0.05) is 11.4 Å². The fraction of sp³-hybridized carbons (Fsp3) is 0.240. The molecule has 0 radical (unpaired) electrons. The van der Waals surface area contributed by atoms with E-state index in [9.17, 15) is 18.0 Å². The first-order valence-electron chi connectivity index (χ1n) is 10.5. The Labute approximate surface area is 194 Å². The van der Waals surface area contributed by atoms with E-state index in [-0.39, 0.29) is 6.42 Å². The van der Waals surface area contributed by atoms with Crippen LogP contribution in [-0.2, 0) is 16.0 Å². The third-order valence-corrected chi connectivity index (χ3v) is 5.82. The van der Waals surface area contributed by atoms with Crippen LogP contribution in [0, 0.1) is 0 Å². The van der Waals surface area contributed by atoms with E-state index in [1.54, 1.807) is 18.2 Å². The first-order valence-corrected chi connectivity index (χ1v) is 10.8. The topological polar surface area (TPSA) is 50.4 Å². The van der Waals surface area contributed by atoms with Crippen LogP contribution in [0.15, 0.2) is 84.9 Å². The Balaban J connectivity index is 1.70. The van der Waals surface area contributed by atoms with Crippen LogP contribution in [-0.4, -0.2) is 18.0 Å². The molecule has 33 heavy (non-hydrogen) atoms. The first-order chi connectivity index (χ1) is 15.8. The van der Waals surface area contributed by atoms with Crippen molar-refractivity contribution < 1.29 is 22.7 Å². The molecule has 4 rings (SSSR count). The zero-order valence-electron chi connectivity index (χ0n) is 17.5. The minimum absolute atomic E-state index is 0.0574. The number of ether oxygens (including phenoxy) is 1. The number of benzene rings is 3. The molecule has 3 aromatic rings. The van der Waals surface area contributed by atoms with Gasteiger partial charge in [-0.15, -0.1) is 0 Å². The quantitative estimate of drug-likeness (QED) is 0.449. The molecule has 0 amide bonds. The van der Waals surface area contributed by atoms with Gasteiger partial charge in [-0.1, -0.05) is 84.4 Å². The highest BCUT2D eigenvalue weighted by atomic mass is 35.5. The summed E-state index contributed by atoms with van der Waals surface area (Å²) < 4.78 is 44.6. The Morgan fingerprint density at radius 3 is 1.91 bits per heavy atom. The smallest absolute Gasteiger partial charge is 0.424 e. The molecule has 0 aliphatic carbocycles. The lowest BCUT2D eigenvalue weighted by molar-refractivity contribution is -0.219. The van der Waals surface area contributed by atoms with E-state index in [0.29, 0.717) is 11.4 Å². The van der Waals surface area contributed by atoms with Crippen molar-refractivity contribution >= 4 is 17.6 Å². The van der Waals surface area contributed by atoms with Gasteiger partial charge < -0.3 is 4.74 Å². The van der Waals surface area contributed by atoms with Gasteiger partial charge in [-0.25, -0.2) is 4.79 Å². The molecule has 0 spiro atoms. The molecule has 172 valence electrons. The van der Waals surface area contributed by atoms with Crippen LogP contribution in [0.25, 0.3) is 0 Å². The maximum atomic E-state index is 13.2. The van der Waals surface area contributed by atoms with Crippen molar-refractivity contribution in [3.63, 3.8) is 0 Å². The number of aryl methyl sites for hydroxylation is 1. The summed E-state index contributed by atoms with van der Waals surface area (Å²) in [6.07, 6.45) is -4.74. The van der Waals surface area contributed by atoms with Gasteiger partial charge in [0.15, 0.2) is 0 Å². The second-order valence-electron chi connectivity index (χ2n) is 7.91. The van der Waals surface area contributed by atoms with Gasteiger partial charge in [-0.05, 0) is 35.2 Å². The largest absolute Gasteiger partial charge is 0.491 e. The van der Waals surface area contributed by atoms with Crippen LogP contribution in [0.2, 0.25) is 5.02 Å². The lowest BCUT2D eigenvalue weighted by atomic mass is 9.95. The molecule has 1 heterocycles. The zero-order chi connectivity index (χ0) is 23.5. The van der Waals surface area contributed by atoms with E-state index in [0.717, 1.165) is 16.7 Å². The maximum Gasteiger partial charge on any atom is 0.491 e. The van der Waals surface area contributed by atoms with Crippen LogP contribution in [0.1, 0.15) is 35.2 Å². The zero-order valence-corrected chi connectivity index (χ0v) is 18.2. The summed E-state index contributed by atoms with van der Waals surface area (Å²) in [5, 5.41) is 6.86. The molecule has 1 fully saturated rings. The van der Waals surface area contributed by atoms with E-state index in [1.807, 2.05) is 66.7 Å². The van der Waals surface area contributed by atoms with Gasteiger partial charge in [-0.2, -0.15) is 13.2 Å². The number of carbonyl (C=O) groups is 1. The number of rotatable bonds is 6. The summed E-state index contributed by atoms with van der Waals surface area (Å²) >= 11 is 6.06. The molecule has 2 atom stereocenters. The minimum atomic E-state index is -5.13. The van der Waals surface area contributed by atoms with Crippen LogP contribution in [0.3, 0.4) is 0 Å². The summed E-state index contributed by atoms with van der Waals surface area (Å²) in [7, 11) is 0. The lowest BCUT2D eigenvalue weighted by Gasteiger charge is -2.31. The van der Waals surface area contributed by atoms with Gasteiger partial charge in [0.05, 0.1) is 12.1 Å². The number of carbonyl (C=O) groups excluding carboxylic acids is 1. The second kappa shape index (κ2) is 9.55. The standard InChI is InChI=1S/C25H22ClF3N2O2/c26-20-13-7-8-17(16-20)14-15-24(33-23(32)25(27,28)29)30-21(18-9-3-1-4-10-18)22(31-24)19-11-5-2-6-12-19/h1-13,16,21-22,30-31H,14-15H2. The average molecular weight is 475 g/mol. The third-order valence-electron chi connectivity index (χ3n) is 5.58. The average Bonchev–Trinajstić information content (AvgIpc) is 3.18. The SMILES string of the molecule is O=C(OC1(CCc2cccc(Cl)c2)NC(c2ccccc2)C(c2ccccc2)N1)C(F)(F)F. The first kappa shape index (κ1) is 23.3. The van der Waals surface area contributed by atoms with E-state index < -0.39 is 30.1 Å². The molecule has 0 aromatic heterocycles. The van der Waals surface area contributed by atoms with Crippen molar-refractivity contribution in [2.24, 2.45) is 0 Å². The fourth-order valence-corrected chi connectivity index (χ4v) is 4.28. The van der Waals surface area contributed by atoms with Crippen LogP contribution < -0.4 is 10.6 Å². The number of alkyl halides is 3. The Bertz CT molecular complexity index is 1050. The minimum Gasteiger partial charge on any atom is -0.424 e. The van der Waals surface area contributed by atoms with Crippen LogP contribution in [0.5, 0.6) is 0 Å². The highest BCUT2D eigenvalue weighted by molar-refractivity contribution is 6.30. The molecule has 0 bridgehead atoms. The molecular formula is C25H22ClF3N2O2. The molecule has 4 nitrogen and oxygen atoms in total. The fourth-order valence-electron chi connectivity index (χ4n) is 4.07. The Kier molecular flexibility index (Phi) is 6.74. The third kappa shape index (κ3) is 5.55. The van der Waals surface area contributed by atoms with E-state index >= 15 is 0 Å². The van der Waals surface area contributed by atoms with Crippen LogP contribution in [0.4, 0.5) is 13.2 Å². The Hall–Kier alpha value is -2.87. The van der Waals surface area contributed by atoms with E-state index in [1.165, 1.54) is 0 Å². The van der Waals surface area contributed by atoms with E-state index in [4.69, 9.17) is 16.3 Å². The van der Waals surface area contributed by atoms with Crippen molar-refractivity contribution in [3.8, 4) is 0 Å². The second-order valence-corrected chi connectivity index (χ2v) is 8.35. The summed E-state index contributed by atoms with van der Waals surface area (Å²) in [5.41, 5.74) is 2.52. The summed E-state index contributed by atoms with van der Waals surface area (Å²) in [6, 6.07) is 24.8. The molecule has 0 saturated carbocycles. The van der Waals surface area contributed by atoms with Gasteiger partial charge in [0.25, 0.3) is 0 Å². The van der Waals surface area contributed by atoms with Crippen molar-refractivity contribution in [3.05, 3.63) is 107 Å². The van der Waals surface area contributed by atoms with Crippen molar-refractivity contribution in [1.82, 2.24) is 10.6 Å². The molecule has 1 aliphatic rings. The van der Waals surface area contributed by atoms with Gasteiger partial charge >= 0.3 is 12.1 Å². The monoisotopic (exact) mass is 474 g/mol. The molecule has 3 aromatic carbocycles. The van der Waals surface area contributed by atoms with Crippen molar-refractivity contribution in [2.75, 3.05) is 0 Å². The molecule has 1 aliphatic heterocycles. The van der Waals surface area contributed by atoms with Crippen molar-refractivity contribution in [1.29, 1.82) is 0 Å². The molecular weight excluding hydrogens is 453 g/mol. The summed E-state index contributed by atoms with van der Waals surface area (Å²) in [5.74, 6) is -4.00. The number of halogens is 4. The predicted octanol–water partition coefficient (Wildman–Crippen LogP) is 5.71. The van der Waals surface area contributed by atoms with Gasteiger partial charge in [0.1, 0.15) is 0 Å². The van der Waals surface area contributed by atoms with E-state index in [2.05, 4.69) is 10.6 Å². The molecule has 2 N–H and O–H groups in total. The molecule has 8 heteroatoms. The normalized spacial score (nSPS) is 22.8. The van der Waals surface area contributed by atoms with Crippen molar-refractivity contribution in [2.45, 2.75) is 37.0 Å². The number of nitrogens with one attached hydrogen (secondary N) is 2. The molecule has 1 saturated heterocycles. The number of hydrogen-bond acceptors (Lipinski definition) is 4. The highest BCUT2D eigenvalue weighted by Crippen LogP contribution is 2.39. The van der Waals surface area contributed by atoms with Crippen LogP contribution >= 0.6 is 11.6 Å². The lowest BCUT2D eigenvalue weighted by Crippen LogP contribution is -2.55. The van der Waals surface area contributed by atoms with Gasteiger partial charge in [0.2, 0.25) is 5.85 Å². The van der Waals surface area contributed by atoms with Gasteiger partial charge in [-0.3, -0.25) is 10.6 Å². The Morgan fingerprint density at radius 2 is 1.42 bits per heavy atom. The number of esters is 1.